The summed E-state index contributed by atoms with van der Waals surface area (Å²) in [6.07, 6.45) is 3.10. The number of pyridine rings is 1. The third-order valence-electron chi connectivity index (χ3n) is 6.31. The van der Waals surface area contributed by atoms with E-state index in [0.717, 1.165) is 11.3 Å². The van der Waals surface area contributed by atoms with Gasteiger partial charge in [0.1, 0.15) is 47.6 Å². The molecule has 5 rings (SSSR count). The van der Waals surface area contributed by atoms with Crippen molar-refractivity contribution in [1.82, 2.24) is 15.0 Å². The number of anilines is 2. The van der Waals surface area contributed by atoms with E-state index in [1.54, 1.807) is 36.5 Å². The Hall–Kier alpha value is -4.57. The van der Waals surface area contributed by atoms with E-state index in [1.807, 2.05) is 19.1 Å². The predicted molar refractivity (Wildman–Crippen MR) is 146 cm³/mol. The molecule has 0 spiro atoms. The van der Waals surface area contributed by atoms with Crippen LogP contribution in [0, 0.1) is 23.6 Å². The van der Waals surface area contributed by atoms with Gasteiger partial charge in [0.05, 0.1) is 24.5 Å². The number of rotatable bonds is 10. The van der Waals surface area contributed by atoms with Gasteiger partial charge in [-0.05, 0) is 37.3 Å². The molecule has 0 atom stereocenters. The van der Waals surface area contributed by atoms with Crippen molar-refractivity contribution in [3.63, 3.8) is 0 Å². The van der Waals surface area contributed by atoms with Crippen LogP contribution in [0.25, 0.3) is 0 Å². The third kappa shape index (κ3) is 6.29. The molecule has 39 heavy (non-hydrogen) atoms. The highest BCUT2D eigenvalue weighted by molar-refractivity contribution is 6.16. The predicted octanol–water partition coefficient (Wildman–Crippen LogP) is 5.14. The van der Waals surface area contributed by atoms with Crippen molar-refractivity contribution < 1.29 is 18.6 Å². The maximum atomic E-state index is 14.3. The number of nitrogens with zero attached hydrogens (tertiary/aromatic N) is 3. The standard InChI is InChI=1S/C29H29FN6O3/c1-18-3-4-19(12-33-18)13-38-23-9-21(30)10-24(11-23)39-22-7-5-20(6-8-22)26(31)25-27(32)35-17-36-28(25)34-14-29(2)15-37-16-29/h3-12,17,31H,13-16H2,1-2H3,(H3,32,34,35,36). The third-order valence-corrected chi connectivity index (χ3v) is 6.31. The molecule has 1 aliphatic heterocycles. The Labute approximate surface area is 225 Å². The van der Waals surface area contributed by atoms with Gasteiger partial charge in [0.15, 0.2) is 0 Å². The fourth-order valence-electron chi connectivity index (χ4n) is 4.03. The number of hydrogen-bond donors (Lipinski definition) is 3. The second-order valence-electron chi connectivity index (χ2n) is 9.86. The first-order chi connectivity index (χ1) is 18.8. The van der Waals surface area contributed by atoms with Gasteiger partial charge in [-0.1, -0.05) is 13.0 Å². The first-order valence-corrected chi connectivity index (χ1v) is 12.4. The molecule has 0 unspecified atom stereocenters. The highest BCUT2D eigenvalue weighted by Gasteiger charge is 2.33. The summed E-state index contributed by atoms with van der Waals surface area (Å²) in [7, 11) is 0. The van der Waals surface area contributed by atoms with Crippen molar-refractivity contribution in [2.75, 3.05) is 30.8 Å². The molecule has 0 saturated carbocycles. The van der Waals surface area contributed by atoms with Crippen LogP contribution in [0.1, 0.15) is 29.3 Å². The molecule has 200 valence electrons. The molecule has 0 radical (unpaired) electrons. The lowest BCUT2D eigenvalue weighted by Gasteiger charge is -2.38. The van der Waals surface area contributed by atoms with Crippen molar-refractivity contribution >= 4 is 17.3 Å². The van der Waals surface area contributed by atoms with Crippen LogP contribution < -0.4 is 20.5 Å². The summed E-state index contributed by atoms with van der Waals surface area (Å²) in [6, 6.07) is 14.9. The monoisotopic (exact) mass is 528 g/mol. The lowest BCUT2D eigenvalue weighted by molar-refractivity contribution is -0.0924. The highest BCUT2D eigenvalue weighted by atomic mass is 19.1. The SMILES string of the molecule is Cc1ccc(COc2cc(F)cc(Oc3ccc(C(=N)c4c(N)ncnc4NCC4(C)COC4)cc3)c2)cn1. The van der Waals surface area contributed by atoms with Gasteiger partial charge in [-0.2, -0.15) is 0 Å². The van der Waals surface area contributed by atoms with Gasteiger partial charge < -0.3 is 25.3 Å². The fraction of sp³-hybridized carbons (Fsp3) is 0.241. The lowest BCUT2D eigenvalue weighted by atomic mass is 9.88. The molecule has 1 saturated heterocycles. The zero-order valence-electron chi connectivity index (χ0n) is 21.7. The van der Waals surface area contributed by atoms with Gasteiger partial charge in [-0.25, -0.2) is 14.4 Å². The molecule has 2 aromatic carbocycles. The Morgan fingerprint density at radius 1 is 1.05 bits per heavy atom. The summed E-state index contributed by atoms with van der Waals surface area (Å²) in [5, 5.41) is 12.1. The summed E-state index contributed by atoms with van der Waals surface area (Å²) >= 11 is 0. The first-order valence-electron chi connectivity index (χ1n) is 12.4. The second-order valence-corrected chi connectivity index (χ2v) is 9.86. The first kappa shape index (κ1) is 26.1. The van der Waals surface area contributed by atoms with Crippen LogP contribution in [0.5, 0.6) is 17.2 Å². The number of aryl methyl sites for hydroxylation is 1. The number of halogens is 1. The Balaban J connectivity index is 1.27. The minimum atomic E-state index is -0.482. The second kappa shape index (κ2) is 11.0. The fourth-order valence-corrected chi connectivity index (χ4v) is 4.03. The van der Waals surface area contributed by atoms with Gasteiger partial charge in [-0.3, -0.25) is 10.4 Å². The highest BCUT2D eigenvalue weighted by Crippen LogP contribution is 2.30. The average Bonchev–Trinajstić information content (AvgIpc) is 2.90. The van der Waals surface area contributed by atoms with Crippen molar-refractivity contribution in [2.24, 2.45) is 5.41 Å². The molecule has 2 aromatic heterocycles. The van der Waals surface area contributed by atoms with E-state index in [1.165, 1.54) is 18.5 Å². The summed E-state index contributed by atoms with van der Waals surface area (Å²) < 4.78 is 31.2. The number of nitrogens with one attached hydrogen (secondary N) is 2. The van der Waals surface area contributed by atoms with Crippen LogP contribution in [0.2, 0.25) is 0 Å². The lowest BCUT2D eigenvalue weighted by Crippen LogP contribution is -2.45. The number of nitrogens with two attached hydrogens (primary N) is 1. The summed E-state index contributed by atoms with van der Waals surface area (Å²) in [5.41, 5.74) is 9.13. The van der Waals surface area contributed by atoms with Crippen LogP contribution in [0.4, 0.5) is 16.0 Å². The maximum Gasteiger partial charge on any atom is 0.141 e. The van der Waals surface area contributed by atoms with Crippen LogP contribution in [0.15, 0.2) is 67.1 Å². The Morgan fingerprint density at radius 3 is 2.51 bits per heavy atom. The average molecular weight is 529 g/mol. The molecule has 0 aliphatic carbocycles. The molecule has 0 amide bonds. The molecular weight excluding hydrogens is 499 g/mol. The van der Waals surface area contributed by atoms with E-state index in [0.29, 0.717) is 48.2 Å². The maximum absolute atomic E-state index is 14.3. The molecular formula is C29H29FN6O3. The summed E-state index contributed by atoms with van der Waals surface area (Å²) in [6.45, 7) is 6.24. The number of benzene rings is 2. The molecule has 10 heteroatoms. The number of hydrogen-bond acceptors (Lipinski definition) is 9. The molecule has 0 bridgehead atoms. The van der Waals surface area contributed by atoms with Gasteiger partial charge >= 0.3 is 0 Å². The molecule has 1 aliphatic rings. The van der Waals surface area contributed by atoms with E-state index in [4.69, 9.17) is 25.4 Å². The van der Waals surface area contributed by atoms with Crippen LogP contribution in [0.3, 0.4) is 0 Å². The van der Waals surface area contributed by atoms with Gasteiger partial charge in [0.25, 0.3) is 0 Å². The van der Waals surface area contributed by atoms with Crippen molar-refractivity contribution in [3.8, 4) is 17.2 Å². The molecule has 3 heterocycles. The Kier molecular flexibility index (Phi) is 7.38. The Bertz CT molecular complexity index is 1470. The van der Waals surface area contributed by atoms with Gasteiger partial charge in [-0.15, -0.1) is 0 Å². The smallest absolute Gasteiger partial charge is 0.141 e. The molecule has 4 aromatic rings. The van der Waals surface area contributed by atoms with Crippen LogP contribution >= 0.6 is 0 Å². The van der Waals surface area contributed by atoms with Crippen LogP contribution in [-0.2, 0) is 11.3 Å². The molecule has 9 nitrogen and oxygen atoms in total. The van der Waals surface area contributed by atoms with E-state index < -0.39 is 5.82 Å². The minimum absolute atomic E-state index is 0.0118. The summed E-state index contributed by atoms with van der Waals surface area (Å²) in [4.78, 5) is 12.6. The molecule has 1 fully saturated rings. The van der Waals surface area contributed by atoms with E-state index in [-0.39, 0.29) is 29.3 Å². The van der Waals surface area contributed by atoms with Gasteiger partial charge in [0.2, 0.25) is 0 Å². The quantitative estimate of drug-likeness (QED) is 0.242. The van der Waals surface area contributed by atoms with E-state index in [2.05, 4.69) is 27.2 Å². The van der Waals surface area contributed by atoms with Crippen molar-refractivity contribution in [3.05, 3.63) is 95.3 Å². The minimum Gasteiger partial charge on any atom is -0.489 e. The number of nitrogen functional groups attached to an aromatic ring is 1. The largest absolute Gasteiger partial charge is 0.489 e. The molecule has 4 N–H and O–H groups in total. The zero-order valence-corrected chi connectivity index (χ0v) is 21.7. The Morgan fingerprint density at radius 2 is 1.82 bits per heavy atom. The number of aromatic nitrogens is 3. The summed E-state index contributed by atoms with van der Waals surface area (Å²) in [5.74, 6) is 1.32. The van der Waals surface area contributed by atoms with E-state index in [9.17, 15) is 4.39 Å². The van der Waals surface area contributed by atoms with Crippen molar-refractivity contribution in [2.45, 2.75) is 20.5 Å². The normalized spacial score (nSPS) is 13.8. The van der Waals surface area contributed by atoms with Crippen molar-refractivity contribution in [1.29, 1.82) is 5.41 Å². The topological polar surface area (TPSA) is 128 Å². The number of ether oxygens (including phenoxy) is 3. The van der Waals surface area contributed by atoms with Gasteiger partial charge in [0, 0.05) is 53.2 Å². The zero-order chi connectivity index (χ0) is 27.4. The van der Waals surface area contributed by atoms with Crippen LogP contribution in [-0.4, -0.2) is 40.4 Å². The van der Waals surface area contributed by atoms with E-state index >= 15 is 0 Å².